The molecule has 0 saturated heterocycles. The van der Waals surface area contributed by atoms with E-state index in [1.807, 2.05) is 0 Å². The van der Waals surface area contributed by atoms with E-state index in [-0.39, 0.29) is 0 Å². The number of hydrogen-bond acceptors (Lipinski definition) is 3. The van der Waals surface area contributed by atoms with Gasteiger partial charge in [-0.2, -0.15) is 0 Å². The second-order valence-electron chi connectivity index (χ2n) is 16.8. The van der Waals surface area contributed by atoms with E-state index in [0.717, 1.165) is 94.7 Å². The van der Waals surface area contributed by atoms with Crippen molar-refractivity contribution >= 4 is 66.8 Å². The number of para-hydroxylation sites is 2. The van der Waals surface area contributed by atoms with Crippen molar-refractivity contribution in [1.29, 1.82) is 0 Å². The number of benzene rings is 11. The highest BCUT2D eigenvalue weighted by Crippen LogP contribution is 2.54. The average Bonchev–Trinajstić information content (AvgIpc) is 3.80. The molecule has 0 radical (unpaired) electrons. The van der Waals surface area contributed by atoms with Gasteiger partial charge in [0.1, 0.15) is 11.2 Å². The highest BCUT2D eigenvalue weighted by atomic mass is 16.3. The summed E-state index contributed by atoms with van der Waals surface area (Å²) in [5, 5.41) is 4.29. The van der Waals surface area contributed by atoms with E-state index < -0.39 is 0 Å². The summed E-state index contributed by atoms with van der Waals surface area (Å²) >= 11 is 0. The van der Waals surface area contributed by atoms with Gasteiger partial charge in [0.15, 0.2) is 0 Å². The molecule has 0 aliphatic heterocycles. The lowest BCUT2D eigenvalue weighted by Crippen LogP contribution is -2.18. The first-order chi connectivity index (χ1) is 33.3. The molecule has 0 aliphatic rings. The largest absolute Gasteiger partial charge is 0.455 e. The van der Waals surface area contributed by atoms with Crippen molar-refractivity contribution in [3.8, 4) is 44.5 Å². The van der Waals surface area contributed by atoms with Crippen LogP contribution in [0.1, 0.15) is 0 Å². The lowest BCUT2D eigenvalue weighted by atomic mass is 9.93. The van der Waals surface area contributed by atoms with E-state index >= 15 is 0 Å². The van der Waals surface area contributed by atoms with Crippen molar-refractivity contribution in [2.24, 2.45) is 0 Å². The third-order valence-electron chi connectivity index (χ3n) is 12.9. The fourth-order valence-electron chi connectivity index (χ4n) is 9.73. The molecular weight excluding hydrogens is 813 g/mol. The number of rotatable bonds is 10. The summed E-state index contributed by atoms with van der Waals surface area (Å²) in [6.07, 6.45) is 0. The van der Waals surface area contributed by atoms with Crippen molar-refractivity contribution in [2.75, 3.05) is 9.80 Å². The smallest absolute Gasteiger partial charge is 0.143 e. The van der Waals surface area contributed by atoms with E-state index in [0.29, 0.717) is 0 Å². The van der Waals surface area contributed by atoms with Crippen LogP contribution in [0.5, 0.6) is 0 Å². The molecule has 0 saturated carbocycles. The second kappa shape index (κ2) is 17.2. The van der Waals surface area contributed by atoms with Crippen molar-refractivity contribution in [3.63, 3.8) is 0 Å². The van der Waals surface area contributed by atoms with Crippen molar-refractivity contribution in [3.05, 3.63) is 267 Å². The Labute approximate surface area is 390 Å². The highest BCUT2D eigenvalue weighted by Gasteiger charge is 2.29. The molecule has 0 N–H and O–H groups in total. The molecule has 1 aromatic heterocycles. The number of hydrogen-bond donors (Lipinski definition) is 0. The summed E-state index contributed by atoms with van der Waals surface area (Å²) in [5.41, 5.74) is 17.0. The van der Waals surface area contributed by atoms with E-state index in [4.69, 9.17) is 4.42 Å². The Morgan fingerprint density at radius 1 is 0.284 bits per heavy atom. The Kier molecular flexibility index (Phi) is 10.2. The fraction of sp³-hybridized carbons (Fsp3) is 0. The van der Waals surface area contributed by atoms with E-state index in [1.54, 1.807) is 0 Å². The van der Waals surface area contributed by atoms with Gasteiger partial charge < -0.3 is 14.2 Å². The summed E-state index contributed by atoms with van der Waals surface area (Å²) in [6, 6.07) is 95.6. The zero-order valence-corrected chi connectivity index (χ0v) is 36.7. The summed E-state index contributed by atoms with van der Waals surface area (Å²) in [4.78, 5) is 4.89. The number of furan rings is 1. The van der Waals surface area contributed by atoms with Crippen LogP contribution in [-0.4, -0.2) is 0 Å². The SMILES string of the molecule is c1ccc(-c2ccc(N(c3ccccc3-c3ccccc3)c3c(N(c4ccccc4)c4ccc(-c5ccccc5)c(-c5ccccc5)c4)ccc4oc5c6ccccc6ccc5c34)cc2)cc1. The Balaban J connectivity index is 1.20. The topological polar surface area (TPSA) is 19.6 Å². The van der Waals surface area contributed by atoms with Crippen LogP contribution >= 0.6 is 0 Å². The summed E-state index contributed by atoms with van der Waals surface area (Å²) in [5.74, 6) is 0. The van der Waals surface area contributed by atoms with Gasteiger partial charge in [-0.3, -0.25) is 0 Å². The molecule has 316 valence electrons. The average molecular weight is 857 g/mol. The van der Waals surface area contributed by atoms with Crippen LogP contribution in [0.2, 0.25) is 0 Å². The first-order valence-electron chi connectivity index (χ1n) is 22.8. The van der Waals surface area contributed by atoms with Gasteiger partial charge in [-0.05, 0) is 105 Å². The van der Waals surface area contributed by atoms with Crippen molar-refractivity contribution in [2.45, 2.75) is 0 Å². The molecular formula is C64H44N2O. The summed E-state index contributed by atoms with van der Waals surface area (Å²) in [7, 11) is 0. The zero-order valence-electron chi connectivity index (χ0n) is 36.7. The molecule has 12 rings (SSSR count). The normalized spacial score (nSPS) is 11.3. The Hall–Kier alpha value is -8.92. The number of nitrogens with zero attached hydrogens (tertiary/aromatic N) is 2. The van der Waals surface area contributed by atoms with Gasteiger partial charge in [0, 0.05) is 33.4 Å². The van der Waals surface area contributed by atoms with E-state index in [9.17, 15) is 0 Å². The number of anilines is 6. The molecule has 0 spiro atoms. The summed E-state index contributed by atoms with van der Waals surface area (Å²) < 4.78 is 7.06. The van der Waals surface area contributed by atoms with Gasteiger partial charge in [0.25, 0.3) is 0 Å². The van der Waals surface area contributed by atoms with Gasteiger partial charge in [0.2, 0.25) is 0 Å². The molecule has 67 heavy (non-hydrogen) atoms. The van der Waals surface area contributed by atoms with E-state index in [1.165, 1.54) is 16.7 Å². The third-order valence-corrected chi connectivity index (χ3v) is 12.9. The Bertz CT molecular complexity index is 3660. The Morgan fingerprint density at radius 3 is 1.49 bits per heavy atom. The number of fused-ring (bicyclic) bond motifs is 5. The predicted octanol–water partition coefficient (Wildman–Crippen LogP) is 18.3. The van der Waals surface area contributed by atoms with Gasteiger partial charge in [0.05, 0.1) is 22.4 Å². The first kappa shape index (κ1) is 39.7. The van der Waals surface area contributed by atoms with E-state index in [2.05, 4.69) is 277 Å². The second-order valence-corrected chi connectivity index (χ2v) is 16.8. The van der Waals surface area contributed by atoms with Crippen LogP contribution in [0.4, 0.5) is 34.1 Å². The molecule has 0 fully saturated rings. The standard InChI is InChI=1S/C64H44N2O/c1-6-20-45(21-7-1)46-34-37-52(38-35-46)66(59-33-19-18-31-55(59)48-24-10-3-11-25-48)63-60(42-43-61-62(63)57-40-36-50-28-16-17-32-56(50)64(57)67-61)65(51-29-14-5-15-30-51)53-39-41-54(47-22-8-2-9-23-47)58(44-53)49-26-12-4-13-27-49/h1-44H. The monoisotopic (exact) mass is 856 g/mol. The molecule has 3 nitrogen and oxygen atoms in total. The maximum atomic E-state index is 7.06. The lowest BCUT2D eigenvalue weighted by Gasteiger charge is -2.35. The molecule has 0 atom stereocenters. The first-order valence-corrected chi connectivity index (χ1v) is 22.8. The van der Waals surface area contributed by atoms with Gasteiger partial charge in [-0.25, -0.2) is 0 Å². The van der Waals surface area contributed by atoms with Crippen LogP contribution in [0.3, 0.4) is 0 Å². The van der Waals surface area contributed by atoms with Crippen LogP contribution in [0.15, 0.2) is 271 Å². The van der Waals surface area contributed by atoms with Gasteiger partial charge in [-0.1, -0.05) is 206 Å². The quantitative estimate of drug-likeness (QED) is 0.137. The maximum absolute atomic E-state index is 7.06. The molecule has 1 heterocycles. The third kappa shape index (κ3) is 7.29. The molecule has 0 bridgehead atoms. The predicted molar refractivity (Wildman–Crippen MR) is 282 cm³/mol. The Morgan fingerprint density at radius 2 is 0.806 bits per heavy atom. The van der Waals surface area contributed by atoms with Crippen molar-refractivity contribution < 1.29 is 4.42 Å². The molecule has 3 heteroatoms. The van der Waals surface area contributed by atoms with Crippen LogP contribution in [0, 0.1) is 0 Å². The maximum Gasteiger partial charge on any atom is 0.143 e. The molecule has 0 aliphatic carbocycles. The van der Waals surface area contributed by atoms with Crippen LogP contribution in [0.25, 0.3) is 77.2 Å². The molecule has 12 aromatic rings. The minimum absolute atomic E-state index is 0.811. The molecule has 11 aromatic carbocycles. The van der Waals surface area contributed by atoms with Crippen molar-refractivity contribution in [1.82, 2.24) is 0 Å². The highest BCUT2D eigenvalue weighted by molar-refractivity contribution is 6.22. The zero-order chi connectivity index (χ0) is 44.5. The molecule has 0 unspecified atom stereocenters. The summed E-state index contributed by atoms with van der Waals surface area (Å²) in [6.45, 7) is 0. The van der Waals surface area contributed by atoms with Crippen LogP contribution in [-0.2, 0) is 0 Å². The minimum atomic E-state index is 0.811. The fourth-order valence-corrected chi connectivity index (χ4v) is 9.73. The van der Waals surface area contributed by atoms with Gasteiger partial charge in [-0.15, -0.1) is 0 Å². The lowest BCUT2D eigenvalue weighted by molar-refractivity contribution is 0.672. The van der Waals surface area contributed by atoms with Gasteiger partial charge >= 0.3 is 0 Å². The van der Waals surface area contributed by atoms with Crippen LogP contribution < -0.4 is 9.80 Å². The molecule has 0 amide bonds. The minimum Gasteiger partial charge on any atom is -0.455 e.